The zero-order valence-corrected chi connectivity index (χ0v) is 12.7. The molecular formula is C11H27NO4S. The van der Waals surface area contributed by atoms with Crippen LogP contribution in [0.25, 0.3) is 0 Å². The molecule has 5 nitrogen and oxygen atoms in total. The predicted octanol–water partition coefficient (Wildman–Crippen LogP) is 1.75. The van der Waals surface area contributed by atoms with E-state index in [-0.39, 0.29) is 6.61 Å². The summed E-state index contributed by atoms with van der Waals surface area (Å²) in [5.74, 6) is 0. The van der Waals surface area contributed by atoms with Crippen molar-refractivity contribution in [1.82, 2.24) is 0 Å². The Hall–Kier alpha value is -0.170. The van der Waals surface area contributed by atoms with Gasteiger partial charge in [0.25, 0.3) is 0 Å². The minimum absolute atomic E-state index is 0.0914. The smallest absolute Gasteiger partial charge is 0.217 e. The zero-order chi connectivity index (χ0) is 14.1. The lowest BCUT2D eigenvalue weighted by atomic mass is 10.1. The molecule has 0 aliphatic heterocycles. The van der Waals surface area contributed by atoms with Crippen molar-refractivity contribution in [2.75, 3.05) is 27.2 Å². The van der Waals surface area contributed by atoms with Crippen LogP contribution in [0, 0.1) is 0 Å². The SMILES string of the molecule is CCCC(C)[N+](C)(C)CC.CCOS(=O)(=O)[O-]. The first-order chi connectivity index (χ1) is 7.60. The third-order valence-electron chi connectivity index (χ3n) is 2.98. The van der Waals surface area contributed by atoms with E-state index < -0.39 is 10.4 Å². The lowest BCUT2D eigenvalue weighted by Gasteiger charge is -2.35. The molecule has 0 radical (unpaired) electrons. The van der Waals surface area contributed by atoms with E-state index in [1.807, 2.05) is 0 Å². The Morgan fingerprint density at radius 2 is 1.71 bits per heavy atom. The van der Waals surface area contributed by atoms with Crippen LogP contribution in [0.3, 0.4) is 0 Å². The maximum atomic E-state index is 9.45. The van der Waals surface area contributed by atoms with Gasteiger partial charge in [0.2, 0.25) is 10.4 Å². The van der Waals surface area contributed by atoms with Gasteiger partial charge in [-0.15, -0.1) is 0 Å². The number of rotatable bonds is 6. The largest absolute Gasteiger partial charge is 0.726 e. The minimum Gasteiger partial charge on any atom is -0.726 e. The van der Waals surface area contributed by atoms with Gasteiger partial charge < -0.3 is 9.04 Å². The molecule has 0 N–H and O–H groups in total. The van der Waals surface area contributed by atoms with Gasteiger partial charge in [0, 0.05) is 0 Å². The van der Waals surface area contributed by atoms with Gasteiger partial charge in [0.1, 0.15) is 0 Å². The fraction of sp³-hybridized carbons (Fsp3) is 1.00. The highest BCUT2D eigenvalue weighted by Gasteiger charge is 2.19. The van der Waals surface area contributed by atoms with Crippen LogP contribution in [0.2, 0.25) is 0 Å². The van der Waals surface area contributed by atoms with Crippen molar-refractivity contribution in [1.29, 1.82) is 0 Å². The fourth-order valence-corrected chi connectivity index (χ4v) is 1.51. The topological polar surface area (TPSA) is 66.4 Å². The summed E-state index contributed by atoms with van der Waals surface area (Å²) in [5.41, 5.74) is 0. The van der Waals surface area contributed by atoms with Crippen molar-refractivity contribution >= 4 is 10.4 Å². The van der Waals surface area contributed by atoms with Crippen molar-refractivity contribution in [2.24, 2.45) is 0 Å². The maximum absolute atomic E-state index is 9.45. The first-order valence-electron chi connectivity index (χ1n) is 6.03. The van der Waals surface area contributed by atoms with Crippen LogP contribution in [-0.4, -0.2) is 50.7 Å². The third kappa shape index (κ3) is 12.1. The Morgan fingerprint density at radius 3 is 1.88 bits per heavy atom. The molecule has 6 heteroatoms. The molecule has 0 amide bonds. The van der Waals surface area contributed by atoms with E-state index in [1.165, 1.54) is 26.3 Å². The molecular weight excluding hydrogens is 242 g/mol. The number of nitrogens with zero attached hydrogens (tertiary/aromatic N) is 1. The van der Waals surface area contributed by atoms with Crippen LogP contribution in [0.5, 0.6) is 0 Å². The molecule has 0 spiro atoms. The Morgan fingerprint density at radius 1 is 1.24 bits per heavy atom. The molecule has 0 aromatic heterocycles. The van der Waals surface area contributed by atoms with Gasteiger partial charge >= 0.3 is 0 Å². The second-order valence-corrected chi connectivity index (χ2v) is 5.60. The number of hydrogen-bond donors (Lipinski definition) is 0. The average molecular weight is 269 g/mol. The summed E-state index contributed by atoms with van der Waals surface area (Å²) in [6, 6.07) is 0.815. The van der Waals surface area contributed by atoms with Crippen molar-refractivity contribution in [2.45, 2.75) is 46.6 Å². The predicted molar refractivity (Wildman–Crippen MR) is 68.3 cm³/mol. The number of quaternary nitrogens is 1. The molecule has 0 heterocycles. The molecule has 17 heavy (non-hydrogen) atoms. The van der Waals surface area contributed by atoms with Crippen LogP contribution in [0.4, 0.5) is 0 Å². The van der Waals surface area contributed by atoms with Gasteiger partial charge in [-0.1, -0.05) is 13.3 Å². The van der Waals surface area contributed by atoms with Gasteiger partial charge in [0.05, 0.1) is 33.3 Å². The van der Waals surface area contributed by atoms with Gasteiger partial charge in [-0.3, -0.25) is 4.18 Å². The molecule has 0 saturated heterocycles. The van der Waals surface area contributed by atoms with E-state index in [1.54, 1.807) is 0 Å². The first kappa shape index (κ1) is 19.2. The Labute approximate surface area is 106 Å². The summed E-state index contributed by atoms with van der Waals surface area (Å²) in [4.78, 5) is 0. The van der Waals surface area contributed by atoms with Crippen LogP contribution in [-0.2, 0) is 14.6 Å². The molecule has 0 rings (SSSR count). The minimum atomic E-state index is -4.42. The van der Waals surface area contributed by atoms with E-state index in [2.05, 4.69) is 39.0 Å². The summed E-state index contributed by atoms with van der Waals surface area (Å²) >= 11 is 0. The lowest BCUT2D eigenvalue weighted by molar-refractivity contribution is -0.911. The molecule has 0 fully saturated rings. The van der Waals surface area contributed by atoms with E-state index in [9.17, 15) is 13.0 Å². The van der Waals surface area contributed by atoms with E-state index in [0.717, 1.165) is 10.5 Å². The second kappa shape index (κ2) is 8.85. The molecule has 1 atom stereocenters. The van der Waals surface area contributed by atoms with Crippen molar-refractivity contribution in [3.8, 4) is 0 Å². The van der Waals surface area contributed by atoms with Crippen LogP contribution < -0.4 is 0 Å². The molecule has 0 aromatic rings. The lowest BCUT2D eigenvalue weighted by Crippen LogP contribution is -2.46. The first-order valence-corrected chi connectivity index (χ1v) is 7.36. The van der Waals surface area contributed by atoms with Crippen molar-refractivity contribution in [3.63, 3.8) is 0 Å². The highest BCUT2D eigenvalue weighted by molar-refractivity contribution is 7.80. The summed E-state index contributed by atoms with van der Waals surface area (Å²) in [7, 11) is 0.188. The van der Waals surface area contributed by atoms with Gasteiger partial charge in [-0.2, -0.15) is 0 Å². The van der Waals surface area contributed by atoms with E-state index in [0.29, 0.717) is 0 Å². The summed E-state index contributed by atoms with van der Waals surface area (Å²) < 4.78 is 33.2. The Kier molecular flexibility index (Phi) is 9.99. The normalized spacial score (nSPS) is 13.8. The fourth-order valence-electron chi connectivity index (χ4n) is 1.22. The monoisotopic (exact) mass is 269 g/mol. The summed E-state index contributed by atoms with van der Waals surface area (Å²) in [5, 5.41) is 0. The molecule has 0 aliphatic rings. The van der Waals surface area contributed by atoms with Gasteiger partial charge in [-0.25, -0.2) is 8.42 Å². The number of hydrogen-bond acceptors (Lipinski definition) is 4. The summed E-state index contributed by atoms with van der Waals surface area (Å²) in [6.45, 7) is 9.42. The standard InChI is InChI=1S/C9H22N.C2H6O4S/c1-6-8-9(3)10(4,5)7-2;1-2-6-7(3,4)5/h9H,6-8H2,1-5H3;2H2,1H3,(H,3,4,5)/q+1;/p-1. The van der Waals surface area contributed by atoms with Crippen LogP contribution >= 0.6 is 0 Å². The van der Waals surface area contributed by atoms with Gasteiger partial charge in [-0.05, 0) is 27.2 Å². The molecule has 1 unspecified atom stereocenters. The second-order valence-electron chi connectivity index (χ2n) is 4.55. The average Bonchev–Trinajstić information content (AvgIpc) is 2.17. The third-order valence-corrected chi connectivity index (χ3v) is 3.50. The molecule has 0 aromatic carbocycles. The molecule has 106 valence electrons. The quantitative estimate of drug-likeness (QED) is 0.418. The highest BCUT2D eigenvalue weighted by atomic mass is 32.3. The molecule has 0 saturated carbocycles. The Bertz CT molecular complexity index is 275. The van der Waals surface area contributed by atoms with Crippen molar-refractivity contribution < 1.29 is 21.6 Å². The zero-order valence-electron chi connectivity index (χ0n) is 11.9. The summed E-state index contributed by atoms with van der Waals surface area (Å²) in [6.07, 6.45) is 2.66. The molecule has 0 bridgehead atoms. The molecule has 0 aliphatic carbocycles. The van der Waals surface area contributed by atoms with Crippen LogP contribution in [0.1, 0.15) is 40.5 Å². The van der Waals surface area contributed by atoms with Gasteiger partial charge in [0.15, 0.2) is 0 Å². The van der Waals surface area contributed by atoms with Crippen LogP contribution in [0.15, 0.2) is 0 Å². The van der Waals surface area contributed by atoms with E-state index in [4.69, 9.17) is 0 Å². The maximum Gasteiger partial charge on any atom is 0.217 e. The van der Waals surface area contributed by atoms with Crippen molar-refractivity contribution in [3.05, 3.63) is 0 Å². The Balaban J connectivity index is 0. The van der Waals surface area contributed by atoms with E-state index >= 15 is 0 Å². The highest BCUT2D eigenvalue weighted by Crippen LogP contribution is 2.10.